The molecule has 144 valence electrons. The molecule has 1 aliphatic heterocycles. The van der Waals surface area contributed by atoms with Crippen LogP contribution in [0.4, 0.5) is 10.5 Å². The van der Waals surface area contributed by atoms with E-state index < -0.39 is 0 Å². The van der Waals surface area contributed by atoms with Crippen molar-refractivity contribution in [1.82, 2.24) is 9.80 Å². The molecule has 0 radical (unpaired) electrons. The number of carbonyl (C=O) groups excluding carboxylic acids is 1. The van der Waals surface area contributed by atoms with E-state index in [0.29, 0.717) is 5.92 Å². The predicted molar refractivity (Wildman–Crippen MR) is 112 cm³/mol. The van der Waals surface area contributed by atoms with Crippen molar-refractivity contribution in [1.29, 1.82) is 0 Å². The van der Waals surface area contributed by atoms with Crippen LogP contribution in [0, 0.1) is 13.8 Å². The van der Waals surface area contributed by atoms with E-state index in [2.05, 4.69) is 80.4 Å². The maximum Gasteiger partial charge on any atom is 0.321 e. The van der Waals surface area contributed by atoms with Crippen LogP contribution >= 0.6 is 0 Å². The molecule has 0 bridgehead atoms. The number of hydrogen-bond donors (Lipinski definition) is 1. The lowest BCUT2D eigenvalue weighted by Gasteiger charge is -2.35. The number of piperazine rings is 1. The molecule has 1 N–H and O–H groups in total. The van der Waals surface area contributed by atoms with Crippen LogP contribution < -0.4 is 5.32 Å². The van der Waals surface area contributed by atoms with E-state index in [-0.39, 0.29) is 6.03 Å². The van der Waals surface area contributed by atoms with Crippen molar-refractivity contribution in [2.24, 2.45) is 0 Å². The Morgan fingerprint density at radius 3 is 2.41 bits per heavy atom. The second-order valence-corrected chi connectivity index (χ2v) is 7.88. The molecule has 1 saturated heterocycles. The highest BCUT2D eigenvalue weighted by atomic mass is 16.2. The van der Waals surface area contributed by atoms with E-state index >= 15 is 0 Å². The summed E-state index contributed by atoms with van der Waals surface area (Å²) in [4.78, 5) is 17.2. The fraction of sp³-hybridized carbons (Fsp3) is 0.435. The zero-order valence-electron chi connectivity index (χ0n) is 17.0. The van der Waals surface area contributed by atoms with Crippen LogP contribution in [0.15, 0.2) is 42.5 Å². The highest BCUT2D eigenvalue weighted by molar-refractivity contribution is 5.91. The van der Waals surface area contributed by atoms with Crippen LogP contribution in [0.25, 0.3) is 0 Å². The lowest BCUT2D eigenvalue weighted by Crippen LogP contribution is -2.49. The maximum atomic E-state index is 12.8. The van der Waals surface area contributed by atoms with Crippen LogP contribution in [0.3, 0.4) is 0 Å². The first kappa shape index (κ1) is 19.4. The van der Waals surface area contributed by atoms with Gasteiger partial charge in [-0.25, -0.2) is 4.79 Å². The molecule has 1 aliphatic rings. The highest BCUT2D eigenvalue weighted by Crippen LogP contribution is 2.27. The molecule has 4 heteroatoms. The third kappa shape index (κ3) is 4.89. The third-order valence-corrected chi connectivity index (χ3v) is 5.31. The molecule has 1 fully saturated rings. The highest BCUT2D eigenvalue weighted by Gasteiger charge is 2.22. The minimum atomic E-state index is 0.0152. The number of carbonyl (C=O) groups is 1. The van der Waals surface area contributed by atoms with Gasteiger partial charge in [0.1, 0.15) is 0 Å². The molecule has 0 saturated carbocycles. The van der Waals surface area contributed by atoms with Gasteiger partial charge in [-0.3, -0.25) is 4.90 Å². The number of rotatable bonds is 4. The van der Waals surface area contributed by atoms with E-state index in [4.69, 9.17) is 0 Å². The molecular weight excluding hydrogens is 334 g/mol. The second-order valence-electron chi connectivity index (χ2n) is 7.88. The fourth-order valence-electron chi connectivity index (χ4n) is 3.71. The van der Waals surface area contributed by atoms with Gasteiger partial charge in [-0.2, -0.15) is 0 Å². The summed E-state index contributed by atoms with van der Waals surface area (Å²) in [5, 5.41) is 3.17. The van der Waals surface area contributed by atoms with Gasteiger partial charge in [-0.1, -0.05) is 61.9 Å². The van der Waals surface area contributed by atoms with Crippen molar-refractivity contribution in [3.05, 3.63) is 64.7 Å². The molecule has 2 aromatic rings. The lowest BCUT2D eigenvalue weighted by molar-refractivity contribution is 0.143. The number of anilines is 1. The summed E-state index contributed by atoms with van der Waals surface area (Å²) in [6, 6.07) is 14.9. The minimum absolute atomic E-state index is 0.0152. The Hall–Kier alpha value is -2.33. The number of aryl methyl sites for hydroxylation is 2. The third-order valence-electron chi connectivity index (χ3n) is 5.31. The maximum absolute atomic E-state index is 12.8. The van der Waals surface area contributed by atoms with Gasteiger partial charge >= 0.3 is 6.03 Å². The smallest absolute Gasteiger partial charge is 0.321 e. The summed E-state index contributed by atoms with van der Waals surface area (Å²) in [6.07, 6.45) is 0. The second kappa shape index (κ2) is 8.57. The summed E-state index contributed by atoms with van der Waals surface area (Å²) in [6.45, 7) is 12.8. The van der Waals surface area contributed by atoms with Gasteiger partial charge in [-0.05, 0) is 36.5 Å². The van der Waals surface area contributed by atoms with E-state index in [0.717, 1.165) is 44.0 Å². The van der Waals surface area contributed by atoms with E-state index in [1.165, 1.54) is 16.7 Å². The predicted octanol–water partition coefficient (Wildman–Crippen LogP) is 4.78. The normalized spacial score (nSPS) is 15.2. The van der Waals surface area contributed by atoms with Gasteiger partial charge in [0.05, 0.1) is 0 Å². The van der Waals surface area contributed by atoms with Gasteiger partial charge in [-0.15, -0.1) is 0 Å². The summed E-state index contributed by atoms with van der Waals surface area (Å²) in [7, 11) is 0. The Bertz CT molecular complexity index is 792. The van der Waals surface area contributed by atoms with Crippen molar-refractivity contribution in [3.63, 3.8) is 0 Å². The molecule has 4 nitrogen and oxygen atoms in total. The Balaban J connectivity index is 1.58. The largest absolute Gasteiger partial charge is 0.322 e. The quantitative estimate of drug-likeness (QED) is 0.846. The summed E-state index contributed by atoms with van der Waals surface area (Å²) < 4.78 is 0. The van der Waals surface area contributed by atoms with Crippen LogP contribution in [0.1, 0.15) is 42.0 Å². The molecule has 0 atom stereocenters. The van der Waals surface area contributed by atoms with E-state index in [1.54, 1.807) is 0 Å². The van der Waals surface area contributed by atoms with Crippen molar-refractivity contribution < 1.29 is 4.79 Å². The van der Waals surface area contributed by atoms with Crippen LogP contribution in [-0.2, 0) is 6.54 Å². The van der Waals surface area contributed by atoms with E-state index in [9.17, 15) is 4.79 Å². The zero-order valence-corrected chi connectivity index (χ0v) is 17.0. The standard InChI is InChI=1S/C23H31N3O/c1-17(2)21-10-6-8-19(4)22(21)24-23(27)26-13-11-25(12-14-26)16-20-9-5-7-18(3)15-20/h5-10,15,17H,11-14,16H2,1-4H3,(H,24,27). The Kier molecular flexibility index (Phi) is 6.17. The van der Waals surface area contributed by atoms with Crippen LogP contribution in [0.2, 0.25) is 0 Å². The molecule has 2 aromatic carbocycles. The molecule has 0 spiro atoms. The molecule has 27 heavy (non-hydrogen) atoms. The fourth-order valence-corrected chi connectivity index (χ4v) is 3.71. The summed E-state index contributed by atoms with van der Waals surface area (Å²) in [5.74, 6) is 0.381. The number of hydrogen-bond acceptors (Lipinski definition) is 2. The number of para-hydroxylation sites is 1. The molecule has 0 unspecified atom stereocenters. The van der Waals surface area contributed by atoms with Crippen LogP contribution in [-0.4, -0.2) is 42.0 Å². The molecule has 2 amide bonds. The van der Waals surface area contributed by atoms with Crippen LogP contribution in [0.5, 0.6) is 0 Å². The first-order valence-corrected chi connectivity index (χ1v) is 9.87. The van der Waals surface area contributed by atoms with Gasteiger partial charge in [0, 0.05) is 38.4 Å². The average Bonchev–Trinajstić information content (AvgIpc) is 2.63. The molecule has 3 rings (SSSR count). The molecule has 1 heterocycles. The minimum Gasteiger partial charge on any atom is -0.322 e. The number of urea groups is 1. The van der Waals surface area contributed by atoms with Crippen molar-refractivity contribution in [3.8, 4) is 0 Å². The monoisotopic (exact) mass is 365 g/mol. The SMILES string of the molecule is Cc1cccc(CN2CCN(C(=O)Nc3c(C)cccc3C(C)C)CC2)c1. The number of nitrogens with one attached hydrogen (secondary N) is 1. The number of amides is 2. The van der Waals surface area contributed by atoms with Gasteiger partial charge in [0.15, 0.2) is 0 Å². The topological polar surface area (TPSA) is 35.6 Å². The zero-order chi connectivity index (χ0) is 19.4. The Labute approximate surface area is 163 Å². The first-order chi connectivity index (χ1) is 12.9. The van der Waals surface area contributed by atoms with E-state index in [1.807, 2.05) is 4.90 Å². The average molecular weight is 366 g/mol. The molecule has 0 aromatic heterocycles. The summed E-state index contributed by atoms with van der Waals surface area (Å²) in [5.41, 5.74) is 5.92. The number of nitrogens with zero attached hydrogens (tertiary/aromatic N) is 2. The summed E-state index contributed by atoms with van der Waals surface area (Å²) >= 11 is 0. The Morgan fingerprint density at radius 1 is 1.04 bits per heavy atom. The van der Waals surface area contributed by atoms with Gasteiger partial charge in [0.25, 0.3) is 0 Å². The van der Waals surface area contributed by atoms with Crippen molar-refractivity contribution in [2.75, 3.05) is 31.5 Å². The van der Waals surface area contributed by atoms with Gasteiger partial charge < -0.3 is 10.2 Å². The molecule has 0 aliphatic carbocycles. The van der Waals surface area contributed by atoms with Crippen molar-refractivity contribution >= 4 is 11.7 Å². The lowest BCUT2D eigenvalue weighted by atomic mass is 9.98. The van der Waals surface area contributed by atoms with Gasteiger partial charge in [0.2, 0.25) is 0 Å². The van der Waals surface area contributed by atoms with Crippen molar-refractivity contribution in [2.45, 2.75) is 40.2 Å². The molecular formula is C23H31N3O. The Morgan fingerprint density at radius 2 is 1.74 bits per heavy atom. The number of benzene rings is 2. The first-order valence-electron chi connectivity index (χ1n) is 9.87.